The molecule has 0 spiro atoms. The predicted molar refractivity (Wildman–Crippen MR) is 51.8 cm³/mol. The summed E-state index contributed by atoms with van der Waals surface area (Å²) in [4.78, 5) is 24.6. The van der Waals surface area contributed by atoms with Gasteiger partial charge in [-0.25, -0.2) is 0 Å². The first kappa shape index (κ1) is 9.66. The number of amides is 1. The summed E-state index contributed by atoms with van der Waals surface area (Å²) < 4.78 is 0. The van der Waals surface area contributed by atoms with E-state index in [9.17, 15) is 9.59 Å². The SMILES string of the molecule is CSc1cc(=O)c(N)c(C(N)=O)[nH]1. The van der Waals surface area contributed by atoms with Gasteiger partial charge in [-0.15, -0.1) is 11.8 Å². The van der Waals surface area contributed by atoms with Gasteiger partial charge < -0.3 is 16.5 Å². The van der Waals surface area contributed by atoms with Crippen LogP contribution in [0.2, 0.25) is 0 Å². The first-order valence-electron chi connectivity index (χ1n) is 3.43. The van der Waals surface area contributed by atoms with E-state index in [1.165, 1.54) is 17.8 Å². The standard InChI is InChI=1S/C7H9N3O2S/c1-13-4-2-3(11)5(8)6(10-4)7(9)12/h2H,8H2,1H3,(H2,9,12)(H,10,11). The molecule has 1 rings (SSSR count). The Hall–Kier alpha value is -1.43. The summed E-state index contributed by atoms with van der Waals surface area (Å²) in [5.74, 6) is -0.731. The summed E-state index contributed by atoms with van der Waals surface area (Å²) in [7, 11) is 0. The molecule has 1 heterocycles. The Morgan fingerprint density at radius 2 is 2.23 bits per heavy atom. The zero-order chi connectivity index (χ0) is 10.0. The number of nitrogens with two attached hydrogens (primary N) is 2. The molecule has 5 N–H and O–H groups in total. The zero-order valence-electron chi connectivity index (χ0n) is 6.96. The molecule has 0 radical (unpaired) electrons. The maximum Gasteiger partial charge on any atom is 0.267 e. The second-order valence-corrected chi connectivity index (χ2v) is 3.20. The summed E-state index contributed by atoms with van der Waals surface area (Å²) in [6.07, 6.45) is 1.77. The van der Waals surface area contributed by atoms with E-state index in [-0.39, 0.29) is 11.4 Å². The van der Waals surface area contributed by atoms with E-state index >= 15 is 0 Å². The van der Waals surface area contributed by atoms with Gasteiger partial charge in [0.25, 0.3) is 5.91 Å². The lowest BCUT2D eigenvalue weighted by atomic mass is 10.3. The van der Waals surface area contributed by atoms with Crippen LogP contribution in [0.25, 0.3) is 0 Å². The van der Waals surface area contributed by atoms with E-state index in [1.807, 2.05) is 0 Å². The highest BCUT2D eigenvalue weighted by Crippen LogP contribution is 2.12. The number of thioether (sulfide) groups is 1. The van der Waals surface area contributed by atoms with Gasteiger partial charge in [-0.3, -0.25) is 9.59 Å². The number of aromatic nitrogens is 1. The highest BCUT2D eigenvalue weighted by Gasteiger charge is 2.10. The highest BCUT2D eigenvalue weighted by atomic mass is 32.2. The summed E-state index contributed by atoms with van der Waals surface area (Å²) in [6.45, 7) is 0. The third kappa shape index (κ3) is 1.83. The van der Waals surface area contributed by atoms with Gasteiger partial charge in [0.05, 0.1) is 5.03 Å². The summed E-state index contributed by atoms with van der Waals surface area (Å²) in [5.41, 5.74) is 9.81. The number of primary amides is 1. The Morgan fingerprint density at radius 3 is 2.69 bits per heavy atom. The number of nitrogens with one attached hydrogen (secondary N) is 1. The van der Waals surface area contributed by atoms with Crippen LogP contribution >= 0.6 is 11.8 Å². The van der Waals surface area contributed by atoms with Crippen LogP contribution in [0, 0.1) is 0 Å². The number of carbonyl (C=O) groups is 1. The van der Waals surface area contributed by atoms with Gasteiger partial charge >= 0.3 is 0 Å². The minimum Gasteiger partial charge on any atom is -0.394 e. The molecule has 1 amide bonds. The maximum absolute atomic E-state index is 11.2. The molecular formula is C7H9N3O2S. The molecule has 0 aliphatic heterocycles. The first-order valence-corrected chi connectivity index (χ1v) is 4.65. The third-order valence-corrected chi connectivity index (χ3v) is 2.17. The van der Waals surface area contributed by atoms with Gasteiger partial charge in [0.2, 0.25) is 5.43 Å². The van der Waals surface area contributed by atoms with Crippen molar-refractivity contribution in [3.8, 4) is 0 Å². The smallest absolute Gasteiger partial charge is 0.267 e. The second kappa shape index (κ2) is 3.53. The van der Waals surface area contributed by atoms with Crippen molar-refractivity contribution in [2.24, 2.45) is 5.73 Å². The summed E-state index contributed by atoms with van der Waals surface area (Å²) in [6, 6.07) is 1.33. The number of anilines is 1. The molecule has 13 heavy (non-hydrogen) atoms. The van der Waals surface area contributed by atoms with Crippen LogP contribution in [0.15, 0.2) is 15.9 Å². The number of pyridine rings is 1. The minimum absolute atomic E-state index is 0.0307. The number of H-pyrrole nitrogens is 1. The molecular weight excluding hydrogens is 190 g/mol. The van der Waals surface area contributed by atoms with E-state index in [0.717, 1.165) is 0 Å². The van der Waals surface area contributed by atoms with Crippen LogP contribution in [0.1, 0.15) is 10.5 Å². The molecule has 1 aromatic heterocycles. The van der Waals surface area contributed by atoms with Crippen molar-refractivity contribution in [2.75, 3.05) is 12.0 Å². The number of nitrogen functional groups attached to an aromatic ring is 1. The normalized spacial score (nSPS) is 9.92. The fraction of sp³-hybridized carbons (Fsp3) is 0.143. The molecule has 70 valence electrons. The fourth-order valence-corrected chi connectivity index (χ4v) is 1.28. The molecule has 0 aliphatic carbocycles. The Morgan fingerprint density at radius 1 is 1.62 bits per heavy atom. The van der Waals surface area contributed by atoms with Crippen LogP contribution in [0.3, 0.4) is 0 Å². The topological polar surface area (TPSA) is 102 Å². The van der Waals surface area contributed by atoms with E-state index in [0.29, 0.717) is 5.03 Å². The van der Waals surface area contributed by atoms with Gasteiger partial charge in [-0.1, -0.05) is 0 Å². The van der Waals surface area contributed by atoms with E-state index in [1.54, 1.807) is 6.26 Å². The van der Waals surface area contributed by atoms with Crippen molar-refractivity contribution in [1.82, 2.24) is 4.98 Å². The lowest BCUT2D eigenvalue weighted by Crippen LogP contribution is -2.21. The van der Waals surface area contributed by atoms with Gasteiger partial charge in [0.1, 0.15) is 11.4 Å². The van der Waals surface area contributed by atoms with E-state index in [4.69, 9.17) is 11.5 Å². The van der Waals surface area contributed by atoms with E-state index in [2.05, 4.69) is 4.98 Å². The van der Waals surface area contributed by atoms with Crippen molar-refractivity contribution in [1.29, 1.82) is 0 Å². The number of carbonyl (C=O) groups excluding carboxylic acids is 1. The molecule has 5 nitrogen and oxygen atoms in total. The van der Waals surface area contributed by atoms with Crippen LogP contribution in [0.4, 0.5) is 5.69 Å². The van der Waals surface area contributed by atoms with Crippen molar-refractivity contribution < 1.29 is 4.79 Å². The molecule has 0 unspecified atom stereocenters. The molecule has 0 fully saturated rings. The van der Waals surface area contributed by atoms with Gasteiger partial charge in [-0.2, -0.15) is 0 Å². The number of aromatic amines is 1. The Bertz CT molecular complexity index is 399. The van der Waals surface area contributed by atoms with Gasteiger partial charge in [-0.05, 0) is 6.26 Å². The Balaban J connectivity index is 3.42. The summed E-state index contributed by atoms with van der Waals surface area (Å²) in [5, 5.41) is 0.563. The van der Waals surface area contributed by atoms with Crippen LogP contribution in [-0.2, 0) is 0 Å². The van der Waals surface area contributed by atoms with Crippen LogP contribution in [0.5, 0.6) is 0 Å². The molecule has 0 bridgehead atoms. The second-order valence-electron chi connectivity index (χ2n) is 2.35. The average Bonchev–Trinajstić information content (AvgIpc) is 2.09. The average molecular weight is 199 g/mol. The molecule has 0 aliphatic rings. The molecule has 6 heteroatoms. The molecule has 0 aromatic carbocycles. The number of rotatable bonds is 2. The molecule has 0 saturated carbocycles. The van der Waals surface area contributed by atoms with Crippen molar-refractivity contribution >= 4 is 23.4 Å². The predicted octanol–water partition coefficient (Wildman–Crippen LogP) is -0.222. The Labute approximate surface area is 78.5 Å². The van der Waals surface area contributed by atoms with Crippen molar-refractivity contribution in [3.63, 3.8) is 0 Å². The monoisotopic (exact) mass is 199 g/mol. The van der Waals surface area contributed by atoms with Crippen molar-refractivity contribution in [3.05, 3.63) is 22.0 Å². The third-order valence-electron chi connectivity index (χ3n) is 1.51. The molecule has 0 atom stereocenters. The number of hydrogen-bond donors (Lipinski definition) is 3. The molecule has 1 aromatic rings. The zero-order valence-corrected chi connectivity index (χ0v) is 7.77. The number of hydrogen-bond acceptors (Lipinski definition) is 4. The van der Waals surface area contributed by atoms with Crippen molar-refractivity contribution in [2.45, 2.75) is 5.03 Å². The first-order chi connectivity index (χ1) is 6.06. The fourth-order valence-electron chi connectivity index (χ4n) is 0.851. The summed E-state index contributed by atoms with van der Waals surface area (Å²) >= 11 is 1.30. The maximum atomic E-state index is 11.2. The quantitative estimate of drug-likeness (QED) is 0.573. The van der Waals surface area contributed by atoms with E-state index < -0.39 is 11.3 Å². The highest BCUT2D eigenvalue weighted by molar-refractivity contribution is 7.98. The minimum atomic E-state index is -0.731. The van der Waals surface area contributed by atoms with Gasteiger partial charge in [0, 0.05) is 6.07 Å². The lowest BCUT2D eigenvalue weighted by molar-refractivity contribution is 0.0996. The van der Waals surface area contributed by atoms with Crippen LogP contribution < -0.4 is 16.9 Å². The Kier molecular flexibility index (Phi) is 2.62. The lowest BCUT2D eigenvalue weighted by Gasteiger charge is -2.03. The van der Waals surface area contributed by atoms with Gasteiger partial charge in [0.15, 0.2) is 0 Å². The van der Waals surface area contributed by atoms with Crippen LogP contribution in [-0.4, -0.2) is 17.1 Å². The largest absolute Gasteiger partial charge is 0.394 e. The molecule has 0 saturated heterocycles.